The van der Waals surface area contributed by atoms with Gasteiger partial charge in [0.2, 0.25) is 0 Å². The van der Waals surface area contributed by atoms with Gasteiger partial charge in [0.05, 0.1) is 6.61 Å². The molecule has 0 amide bonds. The molecule has 0 bridgehead atoms. The van der Waals surface area contributed by atoms with Gasteiger partial charge in [-0.1, -0.05) is 5.16 Å². The highest BCUT2D eigenvalue weighted by molar-refractivity contribution is 6.22. The Balaban J connectivity index is 3.33. The Morgan fingerprint density at radius 3 is 3.00 bits per heavy atom. The maximum absolute atomic E-state index is 10.1. The molecule has 4 heteroatoms. The van der Waals surface area contributed by atoms with Crippen LogP contribution in [-0.4, -0.2) is 24.0 Å². The third-order valence-corrected chi connectivity index (χ3v) is 0.450. The van der Waals surface area contributed by atoms with Crippen LogP contribution in [0.25, 0.3) is 0 Å². The summed E-state index contributed by atoms with van der Waals surface area (Å²) in [6.45, 7) is 1.97. The number of esters is 1. The minimum atomic E-state index is -0.630. The molecule has 0 atom stereocenters. The van der Waals surface area contributed by atoms with E-state index in [1.165, 1.54) is 0 Å². The number of hydrogen-bond donors (Lipinski definition) is 1. The standard InChI is InChI=1S/C4H7NO3/c1-2-8-4(6)3-5-7/h3,7H,2H2,1H3/b5-3+. The Morgan fingerprint density at radius 2 is 2.62 bits per heavy atom. The van der Waals surface area contributed by atoms with Crippen LogP contribution in [0.1, 0.15) is 6.92 Å². The molecule has 4 nitrogen and oxygen atoms in total. The fourth-order valence-corrected chi connectivity index (χ4v) is 0.227. The molecular formula is C4H7NO3. The monoisotopic (exact) mass is 117 g/mol. The normalized spacial score (nSPS) is 9.62. The summed E-state index contributed by atoms with van der Waals surface area (Å²) in [6, 6.07) is 0. The van der Waals surface area contributed by atoms with Gasteiger partial charge in [0.25, 0.3) is 0 Å². The van der Waals surface area contributed by atoms with Crippen LogP contribution in [0.4, 0.5) is 0 Å². The number of ether oxygens (including phenoxy) is 1. The molecule has 0 aliphatic carbocycles. The van der Waals surface area contributed by atoms with Gasteiger partial charge < -0.3 is 9.94 Å². The first-order valence-corrected chi connectivity index (χ1v) is 2.15. The zero-order valence-electron chi connectivity index (χ0n) is 4.50. The summed E-state index contributed by atoms with van der Waals surface area (Å²) in [7, 11) is 0. The van der Waals surface area contributed by atoms with Crippen LogP contribution >= 0.6 is 0 Å². The van der Waals surface area contributed by atoms with E-state index in [0.29, 0.717) is 12.8 Å². The van der Waals surface area contributed by atoms with Gasteiger partial charge >= 0.3 is 5.97 Å². The van der Waals surface area contributed by atoms with Gasteiger partial charge in [-0.25, -0.2) is 4.79 Å². The molecule has 1 N–H and O–H groups in total. The van der Waals surface area contributed by atoms with Crippen LogP contribution in [0.2, 0.25) is 0 Å². The summed E-state index contributed by atoms with van der Waals surface area (Å²) in [5.74, 6) is -0.630. The predicted octanol–water partition coefficient (Wildman–Crippen LogP) is 0.00950. The highest BCUT2D eigenvalue weighted by Gasteiger charge is 1.91. The Kier molecular flexibility index (Phi) is 3.56. The van der Waals surface area contributed by atoms with Crippen LogP contribution in [0, 0.1) is 0 Å². The minimum absolute atomic E-state index is 0.296. The van der Waals surface area contributed by atoms with Crippen molar-refractivity contribution in [1.82, 2.24) is 0 Å². The Labute approximate surface area is 46.8 Å². The topological polar surface area (TPSA) is 58.9 Å². The fourth-order valence-electron chi connectivity index (χ4n) is 0.227. The summed E-state index contributed by atoms with van der Waals surface area (Å²) < 4.78 is 4.33. The molecular weight excluding hydrogens is 110 g/mol. The lowest BCUT2D eigenvalue weighted by molar-refractivity contribution is -0.134. The maximum atomic E-state index is 10.1. The lowest BCUT2D eigenvalue weighted by Crippen LogP contribution is -2.04. The number of rotatable bonds is 2. The van der Waals surface area contributed by atoms with Crippen molar-refractivity contribution >= 4 is 12.2 Å². The largest absolute Gasteiger partial charge is 0.462 e. The number of carbonyl (C=O) groups excluding carboxylic acids is 1. The zero-order valence-corrected chi connectivity index (χ0v) is 4.50. The molecule has 46 valence electrons. The van der Waals surface area contributed by atoms with Gasteiger partial charge in [0.15, 0.2) is 6.21 Å². The first-order chi connectivity index (χ1) is 3.81. The van der Waals surface area contributed by atoms with Gasteiger partial charge in [0, 0.05) is 0 Å². The lowest BCUT2D eigenvalue weighted by atomic mass is 10.7. The van der Waals surface area contributed by atoms with Gasteiger partial charge in [-0.05, 0) is 6.92 Å². The van der Waals surface area contributed by atoms with E-state index < -0.39 is 5.97 Å². The molecule has 0 heterocycles. The average Bonchev–Trinajstić information content (AvgIpc) is 1.68. The van der Waals surface area contributed by atoms with E-state index in [9.17, 15) is 4.79 Å². The van der Waals surface area contributed by atoms with E-state index in [0.717, 1.165) is 0 Å². The predicted molar refractivity (Wildman–Crippen MR) is 26.9 cm³/mol. The fraction of sp³-hybridized carbons (Fsp3) is 0.500. The summed E-state index contributed by atoms with van der Waals surface area (Å²) in [4.78, 5) is 10.1. The molecule has 0 rings (SSSR count). The van der Waals surface area contributed by atoms with E-state index in [-0.39, 0.29) is 0 Å². The van der Waals surface area contributed by atoms with Crippen LogP contribution in [-0.2, 0) is 9.53 Å². The zero-order chi connectivity index (χ0) is 6.41. The molecule has 0 aromatic carbocycles. The molecule has 0 saturated carbocycles. The smallest absolute Gasteiger partial charge is 0.352 e. The molecule has 0 aromatic rings. The third-order valence-electron chi connectivity index (χ3n) is 0.450. The van der Waals surface area contributed by atoms with Crippen LogP contribution < -0.4 is 0 Å². The van der Waals surface area contributed by atoms with Crippen molar-refractivity contribution in [1.29, 1.82) is 0 Å². The summed E-state index contributed by atoms with van der Waals surface area (Å²) in [6.07, 6.45) is 0.698. The van der Waals surface area contributed by atoms with Crippen molar-refractivity contribution in [2.75, 3.05) is 6.61 Å². The highest BCUT2D eigenvalue weighted by atomic mass is 16.5. The van der Waals surface area contributed by atoms with Crippen molar-refractivity contribution in [3.05, 3.63) is 0 Å². The van der Waals surface area contributed by atoms with Crippen molar-refractivity contribution in [3.8, 4) is 0 Å². The Bertz CT molecular complexity index is 99.5. The summed E-state index contributed by atoms with van der Waals surface area (Å²) >= 11 is 0. The molecule has 0 radical (unpaired) electrons. The van der Waals surface area contributed by atoms with Gasteiger partial charge in [-0.15, -0.1) is 0 Å². The van der Waals surface area contributed by atoms with Crippen LogP contribution in [0.3, 0.4) is 0 Å². The molecule has 0 unspecified atom stereocenters. The number of nitrogens with zero attached hydrogens (tertiary/aromatic N) is 1. The van der Waals surface area contributed by atoms with Crippen LogP contribution in [0.5, 0.6) is 0 Å². The van der Waals surface area contributed by atoms with Crippen molar-refractivity contribution in [2.24, 2.45) is 5.16 Å². The molecule has 0 spiro atoms. The van der Waals surface area contributed by atoms with Crippen molar-refractivity contribution < 1.29 is 14.7 Å². The van der Waals surface area contributed by atoms with E-state index >= 15 is 0 Å². The van der Waals surface area contributed by atoms with Crippen molar-refractivity contribution in [3.63, 3.8) is 0 Å². The third kappa shape index (κ3) is 3.14. The molecule has 0 aliphatic rings. The quantitative estimate of drug-likeness (QED) is 0.240. The Hall–Kier alpha value is -1.06. The van der Waals surface area contributed by atoms with E-state index in [1.54, 1.807) is 6.92 Å². The lowest BCUT2D eigenvalue weighted by Gasteiger charge is -1.90. The second-order valence-corrected chi connectivity index (χ2v) is 0.997. The highest BCUT2D eigenvalue weighted by Crippen LogP contribution is 1.70. The van der Waals surface area contributed by atoms with E-state index in [2.05, 4.69) is 9.89 Å². The van der Waals surface area contributed by atoms with Gasteiger partial charge in [-0.2, -0.15) is 0 Å². The minimum Gasteiger partial charge on any atom is -0.462 e. The van der Waals surface area contributed by atoms with Gasteiger partial charge in [0.1, 0.15) is 0 Å². The summed E-state index contributed by atoms with van der Waals surface area (Å²) in [5, 5.41) is 10.2. The average molecular weight is 117 g/mol. The van der Waals surface area contributed by atoms with E-state index in [1.807, 2.05) is 0 Å². The van der Waals surface area contributed by atoms with Crippen LogP contribution in [0.15, 0.2) is 5.16 Å². The maximum Gasteiger partial charge on any atom is 0.352 e. The Morgan fingerprint density at radius 1 is 2.00 bits per heavy atom. The number of carbonyl (C=O) groups is 1. The second-order valence-electron chi connectivity index (χ2n) is 0.997. The van der Waals surface area contributed by atoms with E-state index in [4.69, 9.17) is 5.21 Å². The molecule has 0 saturated heterocycles. The number of hydrogen-bond acceptors (Lipinski definition) is 4. The van der Waals surface area contributed by atoms with Gasteiger partial charge in [-0.3, -0.25) is 0 Å². The first-order valence-electron chi connectivity index (χ1n) is 2.15. The SMILES string of the molecule is CCOC(=O)/C=N/O. The molecule has 0 aliphatic heterocycles. The summed E-state index contributed by atoms with van der Waals surface area (Å²) in [5.41, 5.74) is 0. The molecule has 0 fully saturated rings. The molecule has 8 heavy (non-hydrogen) atoms. The molecule has 0 aromatic heterocycles. The first kappa shape index (κ1) is 6.94. The second kappa shape index (κ2) is 4.11. The van der Waals surface area contributed by atoms with Crippen molar-refractivity contribution in [2.45, 2.75) is 6.92 Å². The number of oxime groups is 1.